The molecular weight excluding hydrogens is 253 g/mol. The van der Waals surface area contributed by atoms with Crippen LogP contribution in [0.3, 0.4) is 0 Å². The molecular formula is C16H22FN3. The Balaban J connectivity index is 2.22. The Hall–Kier alpha value is -1.68. The third kappa shape index (κ3) is 3.67. The fraction of sp³-hybridized carbons (Fsp3) is 0.438. The first-order chi connectivity index (χ1) is 9.60. The Bertz CT molecular complexity index is 563. The Morgan fingerprint density at radius 2 is 2.15 bits per heavy atom. The number of aryl methyl sites for hydroxylation is 2. The lowest BCUT2D eigenvalue weighted by molar-refractivity contribution is 0.491. The highest BCUT2D eigenvalue weighted by atomic mass is 19.1. The van der Waals surface area contributed by atoms with E-state index in [0.717, 1.165) is 29.8 Å². The van der Waals surface area contributed by atoms with Gasteiger partial charge in [0.1, 0.15) is 5.82 Å². The number of halogens is 1. The van der Waals surface area contributed by atoms with Crippen molar-refractivity contribution in [1.82, 2.24) is 15.1 Å². The van der Waals surface area contributed by atoms with Crippen molar-refractivity contribution in [3.63, 3.8) is 0 Å². The van der Waals surface area contributed by atoms with Gasteiger partial charge in [-0.3, -0.25) is 4.68 Å². The Morgan fingerprint density at radius 3 is 2.75 bits per heavy atom. The van der Waals surface area contributed by atoms with Crippen molar-refractivity contribution in [1.29, 1.82) is 0 Å². The quantitative estimate of drug-likeness (QED) is 0.877. The molecule has 3 nitrogen and oxygen atoms in total. The van der Waals surface area contributed by atoms with Crippen LogP contribution >= 0.6 is 0 Å². The molecule has 1 unspecified atom stereocenters. The lowest BCUT2D eigenvalue weighted by Crippen LogP contribution is -2.25. The molecule has 2 aromatic rings. The number of nitrogens with zero attached hydrogens (tertiary/aromatic N) is 2. The second-order valence-corrected chi connectivity index (χ2v) is 5.22. The van der Waals surface area contributed by atoms with Gasteiger partial charge in [-0.05, 0) is 37.6 Å². The highest BCUT2D eigenvalue weighted by Gasteiger charge is 2.17. The summed E-state index contributed by atoms with van der Waals surface area (Å²) in [6.45, 7) is 4.88. The maximum Gasteiger partial charge on any atom is 0.128 e. The van der Waals surface area contributed by atoms with E-state index >= 15 is 0 Å². The Kier molecular flexibility index (Phi) is 4.90. The molecule has 2 rings (SSSR count). The number of nitrogens with one attached hydrogen (secondary N) is 1. The maximum absolute atomic E-state index is 14.2. The summed E-state index contributed by atoms with van der Waals surface area (Å²) in [7, 11) is 1.89. The van der Waals surface area contributed by atoms with Gasteiger partial charge in [0.2, 0.25) is 0 Å². The molecule has 0 saturated heterocycles. The summed E-state index contributed by atoms with van der Waals surface area (Å²) in [5.41, 5.74) is 2.63. The van der Waals surface area contributed by atoms with Crippen LogP contribution in [-0.4, -0.2) is 16.3 Å². The van der Waals surface area contributed by atoms with Crippen LogP contribution in [0.2, 0.25) is 0 Å². The first-order valence-corrected chi connectivity index (χ1v) is 7.08. The lowest BCUT2D eigenvalue weighted by Gasteiger charge is -2.19. The number of aromatic nitrogens is 2. The van der Waals surface area contributed by atoms with E-state index in [0.29, 0.717) is 6.42 Å². The first-order valence-electron chi connectivity index (χ1n) is 7.08. The maximum atomic E-state index is 14.2. The zero-order valence-electron chi connectivity index (χ0n) is 12.4. The smallest absolute Gasteiger partial charge is 0.128 e. The van der Waals surface area contributed by atoms with E-state index in [4.69, 9.17) is 0 Å². The zero-order valence-corrected chi connectivity index (χ0v) is 12.4. The summed E-state index contributed by atoms with van der Waals surface area (Å²) < 4.78 is 15.9. The molecule has 0 fully saturated rings. The van der Waals surface area contributed by atoms with Crippen LogP contribution in [-0.2, 0) is 13.5 Å². The predicted molar refractivity (Wildman–Crippen MR) is 79.1 cm³/mol. The molecule has 0 spiro atoms. The molecule has 0 aliphatic carbocycles. The van der Waals surface area contributed by atoms with Gasteiger partial charge in [0.05, 0.1) is 5.69 Å². The standard InChI is InChI=1S/C16H22FN3/c1-4-8-18-16(11-13-7-9-20(3)19-13)14-6-5-12(2)10-15(14)17/h5-7,9-10,16,18H,4,8,11H2,1-3H3. The molecule has 0 bridgehead atoms. The van der Waals surface area contributed by atoms with Gasteiger partial charge in [-0.25, -0.2) is 4.39 Å². The molecule has 0 aliphatic rings. The first kappa shape index (κ1) is 14.7. The van der Waals surface area contributed by atoms with Crippen molar-refractivity contribution in [2.45, 2.75) is 32.7 Å². The summed E-state index contributed by atoms with van der Waals surface area (Å²) >= 11 is 0. The highest BCUT2D eigenvalue weighted by molar-refractivity contribution is 5.27. The highest BCUT2D eigenvalue weighted by Crippen LogP contribution is 2.21. The average Bonchev–Trinajstić information content (AvgIpc) is 2.80. The second-order valence-electron chi connectivity index (χ2n) is 5.22. The van der Waals surface area contributed by atoms with E-state index in [1.807, 2.05) is 38.4 Å². The van der Waals surface area contributed by atoms with Crippen LogP contribution in [0.4, 0.5) is 4.39 Å². The van der Waals surface area contributed by atoms with Gasteiger partial charge in [0, 0.05) is 31.3 Å². The van der Waals surface area contributed by atoms with Gasteiger partial charge in [-0.2, -0.15) is 5.10 Å². The van der Waals surface area contributed by atoms with Crippen LogP contribution in [0.25, 0.3) is 0 Å². The number of hydrogen-bond acceptors (Lipinski definition) is 2. The summed E-state index contributed by atoms with van der Waals surface area (Å²) in [5.74, 6) is -0.144. The predicted octanol–water partition coefficient (Wildman–Crippen LogP) is 3.15. The molecule has 0 radical (unpaired) electrons. The number of benzene rings is 1. The number of hydrogen-bond donors (Lipinski definition) is 1. The van der Waals surface area contributed by atoms with Crippen LogP contribution in [0.15, 0.2) is 30.5 Å². The molecule has 1 N–H and O–H groups in total. The van der Waals surface area contributed by atoms with Crippen molar-refractivity contribution in [2.75, 3.05) is 6.54 Å². The Morgan fingerprint density at radius 1 is 1.35 bits per heavy atom. The molecule has 1 atom stereocenters. The minimum absolute atomic E-state index is 0.0366. The van der Waals surface area contributed by atoms with Crippen LogP contribution in [0.1, 0.15) is 36.2 Å². The zero-order chi connectivity index (χ0) is 14.5. The summed E-state index contributed by atoms with van der Waals surface area (Å²) in [6.07, 6.45) is 3.63. The van der Waals surface area contributed by atoms with Gasteiger partial charge < -0.3 is 5.32 Å². The van der Waals surface area contributed by atoms with E-state index in [1.165, 1.54) is 0 Å². The van der Waals surface area contributed by atoms with Gasteiger partial charge >= 0.3 is 0 Å². The van der Waals surface area contributed by atoms with Gasteiger partial charge in [0.15, 0.2) is 0 Å². The second kappa shape index (κ2) is 6.66. The minimum atomic E-state index is -0.144. The van der Waals surface area contributed by atoms with Crippen molar-refractivity contribution < 1.29 is 4.39 Å². The van der Waals surface area contributed by atoms with Crippen molar-refractivity contribution >= 4 is 0 Å². The van der Waals surface area contributed by atoms with Crippen LogP contribution < -0.4 is 5.32 Å². The molecule has 0 saturated carbocycles. The fourth-order valence-corrected chi connectivity index (χ4v) is 2.31. The third-order valence-electron chi connectivity index (χ3n) is 3.35. The number of rotatable bonds is 6. The van der Waals surface area contributed by atoms with E-state index in [2.05, 4.69) is 17.3 Å². The lowest BCUT2D eigenvalue weighted by atomic mass is 10.00. The van der Waals surface area contributed by atoms with Gasteiger partial charge in [-0.1, -0.05) is 19.1 Å². The van der Waals surface area contributed by atoms with Crippen molar-refractivity contribution in [2.24, 2.45) is 7.05 Å². The van der Waals surface area contributed by atoms with Crippen LogP contribution in [0, 0.1) is 12.7 Å². The molecule has 0 amide bonds. The van der Waals surface area contributed by atoms with E-state index in [1.54, 1.807) is 10.7 Å². The van der Waals surface area contributed by atoms with Crippen molar-refractivity contribution in [3.05, 3.63) is 53.1 Å². The van der Waals surface area contributed by atoms with Crippen LogP contribution in [0.5, 0.6) is 0 Å². The van der Waals surface area contributed by atoms with E-state index in [-0.39, 0.29) is 11.9 Å². The molecule has 1 aromatic carbocycles. The Labute approximate surface area is 119 Å². The van der Waals surface area contributed by atoms with Gasteiger partial charge in [0.25, 0.3) is 0 Å². The molecule has 20 heavy (non-hydrogen) atoms. The minimum Gasteiger partial charge on any atom is -0.310 e. The molecule has 0 aliphatic heterocycles. The molecule has 1 aromatic heterocycles. The topological polar surface area (TPSA) is 29.9 Å². The molecule has 108 valence electrons. The fourth-order valence-electron chi connectivity index (χ4n) is 2.31. The third-order valence-corrected chi connectivity index (χ3v) is 3.35. The SMILES string of the molecule is CCCNC(Cc1ccn(C)n1)c1ccc(C)cc1F. The normalized spacial score (nSPS) is 12.6. The summed E-state index contributed by atoms with van der Waals surface area (Å²) in [4.78, 5) is 0. The monoisotopic (exact) mass is 275 g/mol. The van der Waals surface area contributed by atoms with E-state index < -0.39 is 0 Å². The van der Waals surface area contributed by atoms with E-state index in [9.17, 15) is 4.39 Å². The van der Waals surface area contributed by atoms with Gasteiger partial charge in [-0.15, -0.1) is 0 Å². The average molecular weight is 275 g/mol. The summed E-state index contributed by atoms with van der Waals surface area (Å²) in [5, 5.41) is 7.80. The molecule has 4 heteroatoms. The summed E-state index contributed by atoms with van der Waals surface area (Å²) in [6, 6.07) is 7.37. The molecule has 1 heterocycles. The van der Waals surface area contributed by atoms with Crippen molar-refractivity contribution in [3.8, 4) is 0 Å². The largest absolute Gasteiger partial charge is 0.310 e.